The zero-order chi connectivity index (χ0) is 11.1. The van der Waals surface area contributed by atoms with Crippen LogP contribution in [0.25, 0.3) is 0 Å². The lowest BCUT2D eigenvalue weighted by Gasteiger charge is -2.08. The fourth-order valence-electron chi connectivity index (χ4n) is 0.996. The van der Waals surface area contributed by atoms with Gasteiger partial charge in [0.15, 0.2) is 0 Å². The van der Waals surface area contributed by atoms with E-state index in [2.05, 4.69) is 9.39 Å². The zero-order valence-corrected chi connectivity index (χ0v) is 8.55. The van der Waals surface area contributed by atoms with Gasteiger partial charge in [-0.25, -0.2) is 4.79 Å². The first kappa shape index (κ1) is 11.6. The van der Waals surface area contributed by atoms with Crippen molar-refractivity contribution in [3.8, 4) is 0 Å². The lowest BCUT2D eigenvalue weighted by molar-refractivity contribution is 0.0936. The summed E-state index contributed by atoms with van der Waals surface area (Å²) in [6, 6.07) is 8.64. The van der Waals surface area contributed by atoms with Crippen LogP contribution in [0.15, 0.2) is 30.3 Å². The molecule has 0 radical (unpaired) electrons. The first-order valence-electron chi connectivity index (χ1n) is 4.80. The van der Waals surface area contributed by atoms with Crippen LogP contribution in [0.4, 0.5) is 4.79 Å². The predicted octanol–water partition coefficient (Wildman–Crippen LogP) is 0.937. The molecular formula is C10H13BO4. The van der Waals surface area contributed by atoms with Gasteiger partial charge in [-0.1, -0.05) is 37.3 Å². The summed E-state index contributed by atoms with van der Waals surface area (Å²) in [5, 5.41) is 9.47. The Hall–Kier alpha value is -1.49. The monoisotopic (exact) mass is 208 g/mol. The fourth-order valence-corrected chi connectivity index (χ4v) is 0.996. The molecule has 5 heteroatoms. The van der Waals surface area contributed by atoms with E-state index in [9.17, 15) is 9.82 Å². The van der Waals surface area contributed by atoms with Crippen LogP contribution >= 0.6 is 0 Å². The molecule has 1 N–H and O–H groups in total. The minimum absolute atomic E-state index is 0.292. The summed E-state index contributed by atoms with van der Waals surface area (Å²) in [7, 11) is -1.27. The van der Waals surface area contributed by atoms with Crippen LogP contribution in [0, 0.1) is 0 Å². The Morgan fingerprint density at radius 1 is 1.40 bits per heavy atom. The van der Waals surface area contributed by atoms with Crippen molar-refractivity contribution in [1.29, 1.82) is 0 Å². The summed E-state index contributed by atoms with van der Waals surface area (Å²) in [6.07, 6.45) is -0.135. The average Bonchev–Trinajstić information content (AvgIpc) is 2.27. The summed E-state index contributed by atoms with van der Waals surface area (Å²) in [6.45, 7) is 2.17. The summed E-state index contributed by atoms with van der Waals surface area (Å²) < 4.78 is 9.30. The zero-order valence-electron chi connectivity index (χ0n) is 8.55. The predicted molar refractivity (Wildman–Crippen MR) is 56.8 cm³/mol. The molecule has 4 nitrogen and oxygen atoms in total. The van der Waals surface area contributed by atoms with E-state index in [0.29, 0.717) is 12.1 Å². The third kappa shape index (κ3) is 4.04. The second-order valence-corrected chi connectivity index (χ2v) is 2.98. The molecule has 0 unspecified atom stereocenters. The van der Waals surface area contributed by atoms with Crippen LogP contribution in [0.1, 0.15) is 13.3 Å². The summed E-state index contributed by atoms with van der Waals surface area (Å²) >= 11 is 0. The van der Waals surface area contributed by atoms with Crippen molar-refractivity contribution in [3.05, 3.63) is 30.3 Å². The van der Waals surface area contributed by atoms with Crippen molar-refractivity contribution in [2.24, 2.45) is 0 Å². The van der Waals surface area contributed by atoms with Crippen LogP contribution in [-0.2, 0) is 9.39 Å². The highest BCUT2D eigenvalue weighted by molar-refractivity contribution is 6.61. The lowest BCUT2D eigenvalue weighted by atomic mass is 9.80. The summed E-state index contributed by atoms with van der Waals surface area (Å²) in [5.41, 5.74) is 0.519. The van der Waals surface area contributed by atoms with E-state index in [1.165, 1.54) is 0 Å². The Morgan fingerprint density at radius 2 is 2.07 bits per heavy atom. The average molecular weight is 208 g/mol. The van der Waals surface area contributed by atoms with E-state index in [4.69, 9.17) is 0 Å². The van der Waals surface area contributed by atoms with Crippen molar-refractivity contribution < 1.29 is 19.2 Å². The molecule has 1 aromatic rings. The number of hydrogen-bond donors (Lipinski definition) is 1. The van der Waals surface area contributed by atoms with Gasteiger partial charge in [0, 0.05) is 0 Å². The molecule has 0 amide bonds. The highest BCUT2D eigenvalue weighted by Crippen LogP contribution is 1.92. The van der Waals surface area contributed by atoms with Gasteiger partial charge in [-0.05, 0) is 11.9 Å². The maximum atomic E-state index is 11.0. The molecule has 1 aromatic carbocycles. The van der Waals surface area contributed by atoms with Gasteiger partial charge >= 0.3 is 13.3 Å². The van der Waals surface area contributed by atoms with Crippen LogP contribution in [0.5, 0.6) is 0 Å². The molecule has 0 aliphatic rings. The Labute approximate surface area is 89.0 Å². The lowest BCUT2D eigenvalue weighted by Crippen LogP contribution is -2.35. The van der Waals surface area contributed by atoms with Crippen molar-refractivity contribution in [2.45, 2.75) is 13.3 Å². The van der Waals surface area contributed by atoms with Crippen molar-refractivity contribution in [1.82, 2.24) is 0 Å². The van der Waals surface area contributed by atoms with E-state index in [0.717, 1.165) is 6.42 Å². The molecule has 15 heavy (non-hydrogen) atoms. The van der Waals surface area contributed by atoms with Crippen molar-refractivity contribution in [2.75, 3.05) is 6.61 Å². The van der Waals surface area contributed by atoms with Gasteiger partial charge in [0.1, 0.15) is 0 Å². The normalized spacial score (nSPS) is 9.47. The van der Waals surface area contributed by atoms with Gasteiger partial charge < -0.3 is 14.4 Å². The topological polar surface area (TPSA) is 55.8 Å². The third-order valence-corrected chi connectivity index (χ3v) is 1.72. The maximum Gasteiger partial charge on any atom is 0.564 e. The van der Waals surface area contributed by atoms with Gasteiger partial charge in [0.2, 0.25) is 0 Å². The Bertz CT molecular complexity index is 302. The number of rotatable bonds is 4. The van der Waals surface area contributed by atoms with E-state index in [-0.39, 0.29) is 0 Å². The van der Waals surface area contributed by atoms with E-state index in [1.54, 1.807) is 24.3 Å². The van der Waals surface area contributed by atoms with E-state index in [1.807, 2.05) is 13.0 Å². The van der Waals surface area contributed by atoms with Crippen LogP contribution in [-0.4, -0.2) is 24.9 Å². The van der Waals surface area contributed by atoms with Crippen LogP contribution in [0.2, 0.25) is 0 Å². The van der Waals surface area contributed by atoms with Crippen molar-refractivity contribution in [3.63, 3.8) is 0 Å². The molecule has 0 aromatic heterocycles. The summed E-state index contributed by atoms with van der Waals surface area (Å²) in [5.74, 6) is 0. The molecule has 80 valence electrons. The Balaban J connectivity index is 2.42. The van der Waals surface area contributed by atoms with Gasteiger partial charge in [-0.2, -0.15) is 0 Å². The van der Waals surface area contributed by atoms with Crippen molar-refractivity contribution >= 4 is 18.7 Å². The Morgan fingerprint density at radius 3 is 2.67 bits per heavy atom. The minimum atomic E-state index is -1.27. The van der Waals surface area contributed by atoms with Gasteiger partial charge in [0.25, 0.3) is 0 Å². The second-order valence-electron chi connectivity index (χ2n) is 2.98. The third-order valence-electron chi connectivity index (χ3n) is 1.72. The molecule has 0 fully saturated rings. The summed E-state index contributed by atoms with van der Waals surface area (Å²) in [4.78, 5) is 11.0. The molecule has 0 heterocycles. The molecule has 0 atom stereocenters. The SMILES string of the molecule is CCCOC(=O)OB(O)c1ccccc1. The first-order valence-corrected chi connectivity index (χ1v) is 4.80. The highest BCUT2D eigenvalue weighted by atomic mass is 16.7. The Kier molecular flexibility index (Phi) is 4.70. The molecule has 0 bridgehead atoms. The highest BCUT2D eigenvalue weighted by Gasteiger charge is 2.21. The second kappa shape index (κ2) is 6.08. The number of ether oxygens (including phenoxy) is 1. The molecular weight excluding hydrogens is 195 g/mol. The standard InChI is InChI=1S/C10H13BO4/c1-2-8-14-10(12)15-11(13)9-6-4-3-5-7-9/h3-7,13H,2,8H2,1H3. The molecule has 0 aliphatic heterocycles. The van der Waals surface area contributed by atoms with Gasteiger partial charge in [-0.15, -0.1) is 0 Å². The van der Waals surface area contributed by atoms with Crippen LogP contribution < -0.4 is 5.46 Å². The van der Waals surface area contributed by atoms with E-state index >= 15 is 0 Å². The molecule has 1 rings (SSSR count). The largest absolute Gasteiger partial charge is 0.564 e. The molecule has 0 saturated heterocycles. The molecule has 0 aliphatic carbocycles. The first-order chi connectivity index (χ1) is 7.24. The molecule has 0 saturated carbocycles. The van der Waals surface area contributed by atoms with Gasteiger partial charge in [0.05, 0.1) is 6.61 Å². The van der Waals surface area contributed by atoms with Crippen LogP contribution in [0.3, 0.4) is 0 Å². The quantitative estimate of drug-likeness (QED) is 0.590. The maximum absolute atomic E-state index is 11.0. The number of carbonyl (C=O) groups excluding carboxylic acids is 1. The van der Waals surface area contributed by atoms with E-state index < -0.39 is 13.3 Å². The smallest absolute Gasteiger partial charge is 0.473 e. The molecule has 0 spiro atoms. The number of hydrogen-bond acceptors (Lipinski definition) is 4. The number of benzene rings is 1. The number of carbonyl (C=O) groups is 1. The van der Waals surface area contributed by atoms with Gasteiger partial charge in [-0.3, -0.25) is 0 Å². The minimum Gasteiger partial charge on any atom is -0.473 e. The fraction of sp³-hybridized carbons (Fsp3) is 0.300.